The average molecular weight is 289 g/mol. The zero-order valence-corrected chi connectivity index (χ0v) is 12.2. The molecule has 110 valence electrons. The van der Waals surface area contributed by atoms with Crippen LogP contribution in [0, 0.1) is 11.8 Å². The molecular formula is C13H23NO4S. The summed E-state index contributed by atoms with van der Waals surface area (Å²) < 4.78 is 26.3. The Bertz CT molecular complexity index is 428. The second kappa shape index (κ2) is 5.79. The first-order chi connectivity index (χ1) is 8.92. The van der Waals surface area contributed by atoms with Gasteiger partial charge in [-0.3, -0.25) is 4.79 Å². The topological polar surface area (TPSA) is 74.7 Å². The van der Waals surface area contributed by atoms with Gasteiger partial charge < -0.3 is 5.11 Å². The maximum atomic E-state index is 12.5. The lowest BCUT2D eigenvalue weighted by Gasteiger charge is -2.36. The standard InChI is InChI=1S/C13H23NO4S/c1-10-12(13(15)16)7-4-8-14(10)19(17,18)9-11-5-2-3-6-11/h10-12H,2-9H2,1H3,(H,15,16)/t10-,12-/m1/s1. The molecule has 1 saturated carbocycles. The van der Waals surface area contributed by atoms with Gasteiger partial charge in [-0.25, -0.2) is 8.42 Å². The Morgan fingerprint density at radius 3 is 2.42 bits per heavy atom. The number of nitrogens with zero attached hydrogens (tertiary/aromatic N) is 1. The lowest BCUT2D eigenvalue weighted by molar-refractivity contribution is -0.144. The van der Waals surface area contributed by atoms with Gasteiger partial charge in [-0.05, 0) is 38.5 Å². The highest BCUT2D eigenvalue weighted by molar-refractivity contribution is 7.89. The molecule has 0 aromatic rings. The molecular weight excluding hydrogens is 266 g/mol. The molecule has 2 aliphatic rings. The quantitative estimate of drug-likeness (QED) is 0.854. The third kappa shape index (κ3) is 3.28. The lowest BCUT2D eigenvalue weighted by atomic mass is 9.92. The molecule has 1 N–H and O–H groups in total. The predicted octanol–water partition coefficient (Wildman–Crippen LogP) is 1.69. The molecule has 0 amide bonds. The number of rotatable bonds is 4. The van der Waals surface area contributed by atoms with Crippen molar-refractivity contribution in [3.8, 4) is 0 Å². The van der Waals surface area contributed by atoms with Gasteiger partial charge in [0, 0.05) is 12.6 Å². The van der Waals surface area contributed by atoms with Crippen LogP contribution >= 0.6 is 0 Å². The fourth-order valence-corrected chi connectivity index (χ4v) is 5.59. The number of aliphatic carboxylic acids is 1. The SMILES string of the molecule is C[C@@H]1[C@H](C(=O)O)CCCN1S(=O)(=O)CC1CCCC1. The van der Waals surface area contributed by atoms with E-state index < -0.39 is 28.0 Å². The number of piperidine rings is 1. The molecule has 2 atom stereocenters. The van der Waals surface area contributed by atoms with Crippen LogP contribution in [0.2, 0.25) is 0 Å². The second-order valence-electron chi connectivity index (χ2n) is 5.87. The Balaban J connectivity index is 2.07. The van der Waals surface area contributed by atoms with Crippen LogP contribution in [0.4, 0.5) is 0 Å². The van der Waals surface area contributed by atoms with Gasteiger partial charge in [0.05, 0.1) is 11.7 Å². The molecule has 1 heterocycles. The third-order valence-electron chi connectivity index (χ3n) is 4.53. The summed E-state index contributed by atoms with van der Waals surface area (Å²) in [6.45, 7) is 2.20. The van der Waals surface area contributed by atoms with E-state index in [1.807, 2.05) is 0 Å². The molecule has 1 aliphatic heterocycles. The van der Waals surface area contributed by atoms with E-state index in [9.17, 15) is 13.2 Å². The van der Waals surface area contributed by atoms with Crippen molar-refractivity contribution in [1.82, 2.24) is 4.31 Å². The van der Waals surface area contributed by atoms with Gasteiger partial charge in [-0.2, -0.15) is 4.31 Å². The second-order valence-corrected chi connectivity index (χ2v) is 7.83. The van der Waals surface area contributed by atoms with E-state index in [0.717, 1.165) is 25.7 Å². The van der Waals surface area contributed by atoms with Crippen LogP contribution in [-0.4, -0.2) is 42.1 Å². The zero-order chi connectivity index (χ0) is 14.0. The Kier molecular flexibility index (Phi) is 4.50. The molecule has 0 aromatic heterocycles. The number of sulfonamides is 1. The first-order valence-electron chi connectivity index (χ1n) is 7.14. The Hall–Kier alpha value is -0.620. The van der Waals surface area contributed by atoms with Crippen LogP contribution < -0.4 is 0 Å². The molecule has 2 fully saturated rings. The lowest BCUT2D eigenvalue weighted by Crippen LogP contribution is -2.50. The van der Waals surface area contributed by atoms with Gasteiger partial charge >= 0.3 is 5.97 Å². The molecule has 1 aliphatic carbocycles. The van der Waals surface area contributed by atoms with Gasteiger partial charge in [0.2, 0.25) is 10.0 Å². The Morgan fingerprint density at radius 2 is 1.84 bits per heavy atom. The summed E-state index contributed by atoms with van der Waals surface area (Å²) in [5.74, 6) is -0.980. The summed E-state index contributed by atoms with van der Waals surface area (Å²) in [5.41, 5.74) is 0. The summed E-state index contributed by atoms with van der Waals surface area (Å²) >= 11 is 0. The third-order valence-corrected chi connectivity index (χ3v) is 6.65. The monoisotopic (exact) mass is 289 g/mol. The fraction of sp³-hybridized carbons (Fsp3) is 0.923. The van der Waals surface area contributed by atoms with E-state index in [-0.39, 0.29) is 11.7 Å². The van der Waals surface area contributed by atoms with E-state index in [0.29, 0.717) is 19.4 Å². The number of hydrogen-bond acceptors (Lipinski definition) is 3. The van der Waals surface area contributed by atoms with Gasteiger partial charge in [0.25, 0.3) is 0 Å². The molecule has 0 radical (unpaired) electrons. The summed E-state index contributed by atoms with van der Waals surface area (Å²) in [5, 5.41) is 9.15. The number of carboxylic acids is 1. The largest absolute Gasteiger partial charge is 0.481 e. The van der Waals surface area contributed by atoms with Crippen LogP contribution in [-0.2, 0) is 14.8 Å². The van der Waals surface area contributed by atoms with Crippen molar-refractivity contribution in [3.63, 3.8) is 0 Å². The molecule has 6 heteroatoms. The van der Waals surface area contributed by atoms with E-state index >= 15 is 0 Å². The van der Waals surface area contributed by atoms with Crippen molar-refractivity contribution in [3.05, 3.63) is 0 Å². The smallest absolute Gasteiger partial charge is 0.308 e. The molecule has 0 unspecified atom stereocenters. The van der Waals surface area contributed by atoms with Gasteiger partial charge in [0.1, 0.15) is 0 Å². The van der Waals surface area contributed by atoms with Gasteiger partial charge in [-0.15, -0.1) is 0 Å². The highest BCUT2D eigenvalue weighted by Gasteiger charge is 2.39. The van der Waals surface area contributed by atoms with Crippen LogP contribution in [0.3, 0.4) is 0 Å². The van der Waals surface area contributed by atoms with Crippen LogP contribution in [0.1, 0.15) is 45.4 Å². The van der Waals surface area contributed by atoms with Crippen molar-refractivity contribution >= 4 is 16.0 Å². The highest BCUT2D eigenvalue weighted by Crippen LogP contribution is 2.31. The van der Waals surface area contributed by atoms with Crippen LogP contribution in [0.5, 0.6) is 0 Å². The predicted molar refractivity (Wildman–Crippen MR) is 72.3 cm³/mol. The van der Waals surface area contributed by atoms with Gasteiger partial charge in [-0.1, -0.05) is 12.8 Å². The molecule has 0 aromatic carbocycles. The molecule has 19 heavy (non-hydrogen) atoms. The molecule has 1 saturated heterocycles. The molecule has 0 spiro atoms. The maximum absolute atomic E-state index is 12.5. The number of hydrogen-bond donors (Lipinski definition) is 1. The van der Waals surface area contributed by atoms with Crippen molar-refractivity contribution in [2.24, 2.45) is 11.8 Å². The molecule has 0 bridgehead atoms. The van der Waals surface area contributed by atoms with Crippen LogP contribution in [0.25, 0.3) is 0 Å². The normalized spacial score (nSPS) is 30.6. The van der Waals surface area contributed by atoms with Gasteiger partial charge in [0.15, 0.2) is 0 Å². The Labute approximate surface area is 115 Å². The molecule has 2 rings (SSSR count). The summed E-state index contributed by atoms with van der Waals surface area (Å²) in [6.07, 6.45) is 5.44. The maximum Gasteiger partial charge on any atom is 0.308 e. The van der Waals surface area contributed by atoms with Crippen LogP contribution in [0.15, 0.2) is 0 Å². The minimum Gasteiger partial charge on any atom is -0.481 e. The van der Waals surface area contributed by atoms with Crippen molar-refractivity contribution < 1.29 is 18.3 Å². The first-order valence-corrected chi connectivity index (χ1v) is 8.75. The zero-order valence-electron chi connectivity index (χ0n) is 11.4. The van der Waals surface area contributed by atoms with E-state index in [4.69, 9.17) is 5.11 Å². The van der Waals surface area contributed by atoms with E-state index in [1.54, 1.807) is 6.92 Å². The van der Waals surface area contributed by atoms with E-state index in [2.05, 4.69) is 0 Å². The minimum absolute atomic E-state index is 0.198. The van der Waals surface area contributed by atoms with E-state index in [1.165, 1.54) is 4.31 Å². The summed E-state index contributed by atoms with van der Waals surface area (Å²) in [6, 6.07) is -0.419. The van der Waals surface area contributed by atoms with Crippen molar-refractivity contribution in [1.29, 1.82) is 0 Å². The molecule has 5 nitrogen and oxygen atoms in total. The van der Waals surface area contributed by atoms with Crippen molar-refractivity contribution in [2.45, 2.75) is 51.5 Å². The number of carboxylic acid groups (broad SMARTS) is 1. The number of carbonyl (C=O) groups is 1. The highest BCUT2D eigenvalue weighted by atomic mass is 32.2. The Morgan fingerprint density at radius 1 is 1.21 bits per heavy atom. The fourth-order valence-electron chi connectivity index (χ4n) is 3.41. The minimum atomic E-state index is -3.31. The first kappa shape index (κ1) is 14.8. The average Bonchev–Trinajstić information content (AvgIpc) is 2.80. The van der Waals surface area contributed by atoms with Crippen molar-refractivity contribution in [2.75, 3.05) is 12.3 Å². The summed E-state index contributed by atoms with van der Waals surface area (Å²) in [4.78, 5) is 11.2. The summed E-state index contributed by atoms with van der Waals surface area (Å²) in [7, 11) is -3.31.